The van der Waals surface area contributed by atoms with Crippen LogP contribution in [0, 0.1) is 11.3 Å². The van der Waals surface area contributed by atoms with Gasteiger partial charge in [-0.1, -0.05) is 24.3 Å². The second kappa shape index (κ2) is 6.58. The number of carbonyl (C=O) groups excluding carboxylic acids is 1. The molecular weight excluding hydrogens is 392 g/mol. The Labute approximate surface area is 179 Å². The zero-order valence-electron chi connectivity index (χ0n) is 16.6. The van der Waals surface area contributed by atoms with Crippen LogP contribution in [0.4, 0.5) is 0 Å². The molecule has 1 aromatic heterocycles. The normalized spacial score (nSPS) is 22.5. The van der Waals surface area contributed by atoms with Gasteiger partial charge >= 0.3 is 0 Å². The van der Waals surface area contributed by atoms with E-state index in [0.29, 0.717) is 48.1 Å². The van der Waals surface area contributed by atoms with Crippen molar-refractivity contribution in [1.29, 1.82) is 5.26 Å². The summed E-state index contributed by atoms with van der Waals surface area (Å²) in [6.07, 6.45) is 2.04. The van der Waals surface area contributed by atoms with E-state index in [1.165, 1.54) is 0 Å². The molecule has 6 heteroatoms. The molecule has 152 valence electrons. The first-order chi connectivity index (χ1) is 15.2. The fourth-order valence-electron chi connectivity index (χ4n) is 5.07. The van der Waals surface area contributed by atoms with Crippen LogP contribution < -0.4 is 14.2 Å². The zero-order valence-corrected chi connectivity index (χ0v) is 16.6. The Morgan fingerprint density at radius 2 is 1.81 bits per heavy atom. The summed E-state index contributed by atoms with van der Waals surface area (Å²) in [6, 6.07) is 17.3. The molecule has 0 radical (unpaired) electrons. The molecule has 3 aliphatic rings. The van der Waals surface area contributed by atoms with Crippen LogP contribution in [-0.4, -0.2) is 30.6 Å². The summed E-state index contributed by atoms with van der Waals surface area (Å²) in [7, 11) is 0. The molecule has 0 N–H and O–H groups in total. The third kappa shape index (κ3) is 2.43. The van der Waals surface area contributed by atoms with Crippen molar-refractivity contribution in [2.45, 2.75) is 17.8 Å². The number of benzene rings is 2. The summed E-state index contributed by atoms with van der Waals surface area (Å²) in [4.78, 5) is 18.5. The second-order valence-corrected chi connectivity index (χ2v) is 8.00. The van der Waals surface area contributed by atoms with Gasteiger partial charge in [-0.3, -0.25) is 9.78 Å². The van der Waals surface area contributed by atoms with E-state index in [-0.39, 0.29) is 12.4 Å². The van der Waals surface area contributed by atoms with Crippen molar-refractivity contribution in [2.75, 3.05) is 19.8 Å². The smallest absolute Gasteiger partial charge is 0.165 e. The number of rotatable bonds is 2. The number of nitrogens with zero attached hydrogens (tertiary/aromatic N) is 2. The van der Waals surface area contributed by atoms with Gasteiger partial charge in [0.1, 0.15) is 37.1 Å². The lowest BCUT2D eigenvalue weighted by Crippen LogP contribution is -2.36. The minimum atomic E-state index is -0.895. The maximum atomic E-state index is 14.1. The van der Waals surface area contributed by atoms with Gasteiger partial charge in [-0.25, -0.2) is 0 Å². The SMILES string of the molecule is N#Cc1cccnc1CC1C(=O)C2(COc3cc4c(cc32)OCCO4)c2ccccc21. The van der Waals surface area contributed by atoms with Gasteiger partial charge in [-0.2, -0.15) is 5.26 Å². The number of carbonyl (C=O) groups is 1. The molecule has 2 aliphatic heterocycles. The molecule has 0 fully saturated rings. The van der Waals surface area contributed by atoms with Gasteiger partial charge in [0.05, 0.1) is 17.2 Å². The van der Waals surface area contributed by atoms with E-state index in [0.717, 1.165) is 16.7 Å². The van der Waals surface area contributed by atoms with Crippen LogP contribution in [0.1, 0.15) is 33.9 Å². The first kappa shape index (κ1) is 18.0. The van der Waals surface area contributed by atoms with Crippen molar-refractivity contribution in [2.24, 2.45) is 0 Å². The average molecular weight is 410 g/mol. The second-order valence-electron chi connectivity index (χ2n) is 8.00. The van der Waals surface area contributed by atoms with Crippen molar-refractivity contribution in [1.82, 2.24) is 4.98 Å². The van der Waals surface area contributed by atoms with Crippen LogP contribution in [0.5, 0.6) is 17.2 Å². The van der Waals surface area contributed by atoms with E-state index in [1.54, 1.807) is 18.3 Å². The van der Waals surface area contributed by atoms with Gasteiger partial charge in [-0.15, -0.1) is 0 Å². The Kier molecular flexibility index (Phi) is 3.81. The molecule has 0 saturated carbocycles. The number of hydrogen-bond donors (Lipinski definition) is 0. The Morgan fingerprint density at radius 3 is 2.65 bits per heavy atom. The molecule has 0 amide bonds. The van der Waals surface area contributed by atoms with E-state index in [4.69, 9.17) is 14.2 Å². The molecule has 3 heterocycles. The Balaban J connectivity index is 1.50. The lowest BCUT2D eigenvalue weighted by Gasteiger charge is -2.24. The monoisotopic (exact) mass is 410 g/mol. The van der Waals surface area contributed by atoms with Crippen molar-refractivity contribution >= 4 is 5.78 Å². The lowest BCUT2D eigenvalue weighted by molar-refractivity contribution is -0.123. The van der Waals surface area contributed by atoms with Crippen molar-refractivity contribution < 1.29 is 19.0 Å². The zero-order chi connectivity index (χ0) is 21.0. The summed E-state index contributed by atoms with van der Waals surface area (Å²) in [6.45, 7) is 1.21. The highest BCUT2D eigenvalue weighted by atomic mass is 16.6. The minimum absolute atomic E-state index is 0.0682. The van der Waals surface area contributed by atoms with Gasteiger partial charge in [0.2, 0.25) is 0 Å². The van der Waals surface area contributed by atoms with E-state index in [1.807, 2.05) is 36.4 Å². The van der Waals surface area contributed by atoms with E-state index in [9.17, 15) is 10.1 Å². The first-order valence-corrected chi connectivity index (χ1v) is 10.3. The van der Waals surface area contributed by atoms with Crippen molar-refractivity contribution in [3.05, 3.63) is 82.7 Å². The number of Topliss-reactive ketones (excluding diaryl/α,β-unsaturated/α-hetero) is 1. The topological polar surface area (TPSA) is 81.4 Å². The largest absolute Gasteiger partial charge is 0.491 e. The highest BCUT2D eigenvalue weighted by Gasteiger charge is 2.57. The van der Waals surface area contributed by atoms with E-state index in [2.05, 4.69) is 11.1 Å². The Morgan fingerprint density at radius 1 is 1.00 bits per heavy atom. The third-order valence-electron chi connectivity index (χ3n) is 6.49. The Hall–Kier alpha value is -3.85. The number of pyridine rings is 1. The van der Waals surface area contributed by atoms with E-state index < -0.39 is 11.3 Å². The molecule has 2 unspecified atom stereocenters. The van der Waals surface area contributed by atoms with Crippen molar-refractivity contribution in [3.63, 3.8) is 0 Å². The summed E-state index contributed by atoms with van der Waals surface area (Å²) >= 11 is 0. The maximum absolute atomic E-state index is 14.1. The highest BCUT2D eigenvalue weighted by Crippen LogP contribution is 2.55. The van der Waals surface area contributed by atoms with Crippen LogP contribution in [0.3, 0.4) is 0 Å². The van der Waals surface area contributed by atoms with E-state index >= 15 is 0 Å². The number of aromatic nitrogens is 1. The number of fused-ring (bicyclic) bond motifs is 5. The quantitative estimate of drug-likeness (QED) is 0.645. The number of nitriles is 1. The van der Waals surface area contributed by atoms with Crippen LogP contribution in [0.25, 0.3) is 0 Å². The van der Waals surface area contributed by atoms with Crippen LogP contribution >= 0.6 is 0 Å². The number of hydrogen-bond acceptors (Lipinski definition) is 6. The lowest BCUT2D eigenvalue weighted by atomic mass is 9.75. The van der Waals surface area contributed by atoms with Gasteiger partial charge in [0.15, 0.2) is 17.3 Å². The number of ketones is 1. The average Bonchev–Trinajstić information content (AvgIpc) is 3.30. The standard InChI is InChI=1S/C25H18N2O4/c26-13-15-4-3-7-27-20(15)10-17-16-5-1-2-6-18(16)25(24(17)28)14-31-21-12-23-22(11-19(21)25)29-8-9-30-23/h1-7,11-12,17H,8-10,14H2. The molecule has 1 aliphatic carbocycles. The summed E-state index contributed by atoms with van der Waals surface area (Å²) < 4.78 is 17.5. The fourth-order valence-corrected chi connectivity index (χ4v) is 5.07. The van der Waals surface area contributed by atoms with Crippen LogP contribution in [0.15, 0.2) is 54.7 Å². The predicted molar refractivity (Wildman–Crippen MR) is 111 cm³/mol. The Bertz CT molecular complexity index is 1280. The predicted octanol–water partition coefficient (Wildman–Crippen LogP) is 3.31. The maximum Gasteiger partial charge on any atom is 0.165 e. The molecule has 1 spiro atoms. The molecule has 2 aromatic carbocycles. The number of ether oxygens (including phenoxy) is 3. The third-order valence-corrected chi connectivity index (χ3v) is 6.49. The molecule has 2 atom stereocenters. The summed E-state index contributed by atoms with van der Waals surface area (Å²) in [5.41, 5.74) is 2.98. The van der Waals surface area contributed by atoms with Crippen LogP contribution in [-0.2, 0) is 16.6 Å². The van der Waals surface area contributed by atoms with Gasteiger partial charge in [0.25, 0.3) is 0 Å². The van der Waals surface area contributed by atoms with Gasteiger partial charge in [-0.05, 0) is 29.3 Å². The summed E-state index contributed by atoms with van der Waals surface area (Å²) in [5, 5.41) is 9.48. The molecule has 6 nitrogen and oxygen atoms in total. The molecule has 6 rings (SSSR count). The molecule has 0 saturated heterocycles. The molecule has 0 bridgehead atoms. The van der Waals surface area contributed by atoms with Gasteiger partial charge < -0.3 is 14.2 Å². The highest BCUT2D eigenvalue weighted by molar-refractivity contribution is 6.05. The van der Waals surface area contributed by atoms with Crippen LogP contribution in [0.2, 0.25) is 0 Å². The molecule has 31 heavy (non-hydrogen) atoms. The molecular formula is C25H18N2O4. The van der Waals surface area contributed by atoms with Gasteiger partial charge in [0, 0.05) is 24.2 Å². The summed E-state index contributed by atoms with van der Waals surface area (Å²) in [5.74, 6) is 1.60. The fraction of sp³-hybridized carbons (Fsp3) is 0.240. The minimum Gasteiger partial charge on any atom is -0.491 e. The first-order valence-electron chi connectivity index (χ1n) is 10.3. The molecule has 3 aromatic rings. The van der Waals surface area contributed by atoms with Crippen molar-refractivity contribution in [3.8, 4) is 23.3 Å².